The number of aryl methyl sites for hydroxylation is 1. The average molecular weight is 332 g/mol. The molecule has 1 N–H and O–H groups in total. The normalized spacial score (nSPS) is 21.0. The molecule has 0 radical (unpaired) electrons. The maximum atomic E-state index is 12.7. The summed E-state index contributed by atoms with van der Waals surface area (Å²) < 4.78 is 0. The molecule has 1 unspecified atom stereocenters. The standard InChI is InChI=1S/C19H28N2O3/c1-4-10-21(12-16-7-5-15(2)6-8-16)17(22)13-20-11-9-19(3,14-20)18(23)24/h5-8H,4,9-14H2,1-3H3,(H,23,24). The predicted octanol–water partition coefficient (Wildman–Crippen LogP) is 2.53. The first kappa shape index (κ1) is 18.5. The Kier molecular flexibility index (Phi) is 5.99. The van der Waals surface area contributed by atoms with Gasteiger partial charge in [-0.1, -0.05) is 36.8 Å². The number of hydrogen-bond donors (Lipinski definition) is 1. The Morgan fingerprint density at radius 1 is 1.29 bits per heavy atom. The topological polar surface area (TPSA) is 60.9 Å². The fourth-order valence-corrected chi connectivity index (χ4v) is 3.13. The number of benzene rings is 1. The minimum atomic E-state index is -0.775. The molecule has 1 fully saturated rings. The molecule has 1 amide bonds. The van der Waals surface area contributed by atoms with Crippen LogP contribution < -0.4 is 0 Å². The molecular formula is C19H28N2O3. The molecule has 0 saturated carbocycles. The number of aliphatic carboxylic acids is 1. The predicted molar refractivity (Wildman–Crippen MR) is 93.7 cm³/mol. The lowest BCUT2D eigenvalue weighted by Crippen LogP contribution is -2.41. The summed E-state index contributed by atoms with van der Waals surface area (Å²) in [5, 5.41) is 9.31. The lowest BCUT2D eigenvalue weighted by Gasteiger charge is -2.26. The molecule has 2 rings (SSSR count). The molecule has 1 atom stereocenters. The van der Waals surface area contributed by atoms with Gasteiger partial charge in [0, 0.05) is 19.6 Å². The molecule has 0 spiro atoms. The Balaban J connectivity index is 1.96. The summed E-state index contributed by atoms with van der Waals surface area (Å²) in [6.07, 6.45) is 1.51. The molecule has 1 aromatic carbocycles. The van der Waals surface area contributed by atoms with Crippen LogP contribution in [0.3, 0.4) is 0 Å². The van der Waals surface area contributed by atoms with Crippen LogP contribution in [0.4, 0.5) is 0 Å². The van der Waals surface area contributed by atoms with Crippen molar-refractivity contribution >= 4 is 11.9 Å². The van der Waals surface area contributed by atoms with Crippen LogP contribution in [-0.4, -0.2) is 53.0 Å². The first-order chi connectivity index (χ1) is 11.3. The number of carbonyl (C=O) groups is 2. The van der Waals surface area contributed by atoms with Crippen LogP contribution in [0.1, 0.15) is 37.8 Å². The largest absolute Gasteiger partial charge is 0.481 e. The first-order valence-electron chi connectivity index (χ1n) is 8.63. The summed E-state index contributed by atoms with van der Waals surface area (Å²) in [6, 6.07) is 8.23. The third-order valence-electron chi connectivity index (χ3n) is 4.77. The van der Waals surface area contributed by atoms with Crippen molar-refractivity contribution in [3.05, 3.63) is 35.4 Å². The van der Waals surface area contributed by atoms with Gasteiger partial charge in [-0.15, -0.1) is 0 Å². The third-order valence-corrected chi connectivity index (χ3v) is 4.77. The van der Waals surface area contributed by atoms with Crippen molar-refractivity contribution in [3.8, 4) is 0 Å². The molecule has 0 aromatic heterocycles. The monoisotopic (exact) mass is 332 g/mol. The zero-order chi connectivity index (χ0) is 17.7. The Morgan fingerprint density at radius 3 is 2.50 bits per heavy atom. The minimum absolute atomic E-state index is 0.0760. The molecule has 5 heteroatoms. The number of carboxylic acid groups (broad SMARTS) is 1. The van der Waals surface area contributed by atoms with Gasteiger partial charge in [0.15, 0.2) is 0 Å². The molecule has 1 aliphatic rings. The minimum Gasteiger partial charge on any atom is -0.481 e. The second-order valence-electron chi connectivity index (χ2n) is 7.13. The number of hydrogen-bond acceptors (Lipinski definition) is 3. The summed E-state index contributed by atoms with van der Waals surface area (Å²) in [4.78, 5) is 27.9. The quantitative estimate of drug-likeness (QED) is 0.833. The van der Waals surface area contributed by atoms with Crippen molar-refractivity contribution in [3.63, 3.8) is 0 Å². The van der Waals surface area contributed by atoms with Gasteiger partial charge in [0.05, 0.1) is 12.0 Å². The molecule has 132 valence electrons. The van der Waals surface area contributed by atoms with E-state index in [-0.39, 0.29) is 5.91 Å². The maximum absolute atomic E-state index is 12.7. The molecule has 5 nitrogen and oxygen atoms in total. The highest BCUT2D eigenvalue weighted by Crippen LogP contribution is 2.29. The third kappa shape index (κ3) is 4.57. The van der Waals surface area contributed by atoms with Gasteiger partial charge in [-0.05, 0) is 38.8 Å². The van der Waals surface area contributed by atoms with E-state index in [1.165, 1.54) is 5.56 Å². The van der Waals surface area contributed by atoms with E-state index in [1.807, 2.05) is 16.7 Å². The summed E-state index contributed by atoms with van der Waals surface area (Å²) in [5.74, 6) is -0.699. The lowest BCUT2D eigenvalue weighted by molar-refractivity contribution is -0.147. The Labute approximate surface area is 144 Å². The number of nitrogens with zero attached hydrogens (tertiary/aromatic N) is 2. The SMILES string of the molecule is CCCN(Cc1ccc(C)cc1)C(=O)CN1CCC(C)(C(=O)O)C1. The lowest BCUT2D eigenvalue weighted by atomic mass is 9.90. The van der Waals surface area contributed by atoms with Crippen molar-refractivity contribution in [1.29, 1.82) is 0 Å². The maximum Gasteiger partial charge on any atom is 0.310 e. The highest BCUT2D eigenvalue weighted by atomic mass is 16.4. The van der Waals surface area contributed by atoms with Gasteiger partial charge in [-0.25, -0.2) is 0 Å². The Morgan fingerprint density at radius 2 is 1.96 bits per heavy atom. The molecular weight excluding hydrogens is 304 g/mol. The molecule has 24 heavy (non-hydrogen) atoms. The van der Waals surface area contributed by atoms with Gasteiger partial charge in [-0.2, -0.15) is 0 Å². The van der Waals surface area contributed by atoms with Crippen molar-refractivity contribution in [1.82, 2.24) is 9.80 Å². The second kappa shape index (κ2) is 7.79. The zero-order valence-corrected chi connectivity index (χ0v) is 14.9. The number of rotatable bonds is 7. The highest BCUT2D eigenvalue weighted by Gasteiger charge is 2.41. The number of amides is 1. The van der Waals surface area contributed by atoms with E-state index in [0.717, 1.165) is 18.5 Å². The van der Waals surface area contributed by atoms with E-state index in [0.29, 0.717) is 32.6 Å². The van der Waals surface area contributed by atoms with Gasteiger partial charge >= 0.3 is 5.97 Å². The van der Waals surface area contributed by atoms with Crippen molar-refractivity contribution in [2.75, 3.05) is 26.2 Å². The van der Waals surface area contributed by atoms with Gasteiger partial charge in [-0.3, -0.25) is 14.5 Å². The van der Waals surface area contributed by atoms with Crippen molar-refractivity contribution in [2.24, 2.45) is 5.41 Å². The molecule has 1 aromatic rings. The van der Waals surface area contributed by atoms with Crippen LogP contribution in [-0.2, 0) is 16.1 Å². The van der Waals surface area contributed by atoms with Gasteiger partial charge in [0.25, 0.3) is 0 Å². The van der Waals surface area contributed by atoms with Gasteiger partial charge in [0.2, 0.25) is 5.91 Å². The van der Waals surface area contributed by atoms with E-state index in [2.05, 4.69) is 31.2 Å². The number of likely N-dealkylation sites (tertiary alicyclic amines) is 1. The van der Waals surface area contributed by atoms with Gasteiger partial charge in [0.1, 0.15) is 0 Å². The summed E-state index contributed by atoms with van der Waals surface area (Å²) in [5.41, 5.74) is 1.60. The molecule has 0 bridgehead atoms. The second-order valence-corrected chi connectivity index (χ2v) is 7.13. The van der Waals surface area contributed by atoms with E-state index in [4.69, 9.17) is 0 Å². The number of carbonyl (C=O) groups excluding carboxylic acids is 1. The fraction of sp³-hybridized carbons (Fsp3) is 0.579. The van der Waals surface area contributed by atoms with Crippen LogP contribution in [0, 0.1) is 12.3 Å². The van der Waals surface area contributed by atoms with Crippen molar-refractivity contribution < 1.29 is 14.7 Å². The van der Waals surface area contributed by atoms with Crippen LogP contribution in [0.2, 0.25) is 0 Å². The summed E-state index contributed by atoms with van der Waals surface area (Å²) >= 11 is 0. The van der Waals surface area contributed by atoms with E-state index in [9.17, 15) is 14.7 Å². The number of carboxylic acids is 1. The molecule has 1 saturated heterocycles. The fourth-order valence-electron chi connectivity index (χ4n) is 3.13. The van der Waals surface area contributed by atoms with Crippen LogP contribution in [0.5, 0.6) is 0 Å². The van der Waals surface area contributed by atoms with Gasteiger partial charge < -0.3 is 10.0 Å². The Bertz CT molecular complexity index is 585. The van der Waals surface area contributed by atoms with E-state index in [1.54, 1.807) is 6.92 Å². The van der Waals surface area contributed by atoms with E-state index >= 15 is 0 Å². The van der Waals surface area contributed by atoms with Crippen LogP contribution in [0.15, 0.2) is 24.3 Å². The van der Waals surface area contributed by atoms with E-state index < -0.39 is 11.4 Å². The van der Waals surface area contributed by atoms with Crippen LogP contribution >= 0.6 is 0 Å². The molecule has 1 heterocycles. The van der Waals surface area contributed by atoms with Crippen LogP contribution in [0.25, 0.3) is 0 Å². The first-order valence-corrected chi connectivity index (χ1v) is 8.63. The zero-order valence-electron chi connectivity index (χ0n) is 14.9. The average Bonchev–Trinajstić information content (AvgIpc) is 2.91. The highest BCUT2D eigenvalue weighted by molar-refractivity contribution is 5.79. The summed E-state index contributed by atoms with van der Waals surface area (Å²) in [7, 11) is 0. The smallest absolute Gasteiger partial charge is 0.310 e. The molecule has 1 aliphatic heterocycles. The molecule has 0 aliphatic carbocycles. The summed E-state index contributed by atoms with van der Waals surface area (Å²) in [6.45, 7) is 8.61. The Hall–Kier alpha value is -1.88. The van der Waals surface area contributed by atoms with Crippen molar-refractivity contribution in [2.45, 2.75) is 40.2 Å².